The second-order valence-electron chi connectivity index (χ2n) is 4.66. The van der Waals surface area contributed by atoms with E-state index in [4.69, 9.17) is 5.73 Å². The van der Waals surface area contributed by atoms with Gasteiger partial charge in [0.2, 0.25) is 11.8 Å². The highest BCUT2D eigenvalue weighted by atomic mass is 32.1. The molecule has 2 unspecified atom stereocenters. The van der Waals surface area contributed by atoms with Gasteiger partial charge in [0.05, 0.1) is 0 Å². The Morgan fingerprint density at radius 2 is 2.44 bits per heavy atom. The molecule has 1 saturated heterocycles. The second kappa shape index (κ2) is 5.52. The van der Waals surface area contributed by atoms with Crippen LogP contribution in [-0.2, 0) is 9.59 Å². The molecule has 5 heteroatoms. The minimum atomic E-state index is -0.459. The molecule has 0 bridgehead atoms. The van der Waals surface area contributed by atoms with Crippen LogP contribution in [0.4, 0.5) is 0 Å². The molecule has 1 aliphatic rings. The highest BCUT2D eigenvalue weighted by molar-refractivity contribution is 7.07. The van der Waals surface area contributed by atoms with Gasteiger partial charge >= 0.3 is 0 Å². The lowest BCUT2D eigenvalue weighted by Crippen LogP contribution is -2.51. The summed E-state index contributed by atoms with van der Waals surface area (Å²) in [6, 6.07) is 1.63. The number of hydrogen-bond acceptors (Lipinski definition) is 3. The van der Waals surface area contributed by atoms with Gasteiger partial charge in [-0.1, -0.05) is 6.92 Å². The van der Waals surface area contributed by atoms with E-state index in [1.54, 1.807) is 16.2 Å². The molecule has 0 radical (unpaired) electrons. The number of hydrogen-bond donors (Lipinski definition) is 1. The first-order chi connectivity index (χ1) is 8.63. The van der Waals surface area contributed by atoms with E-state index in [0.29, 0.717) is 25.3 Å². The summed E-state index contributed by atoms with van der Waals surface area (Å²) in [5.74, 6) is -0.0219. The van der Waals surface area contributed by atoms with Gasteiger partial charge in [-0.3, -0.25) is 9.59 Å². The normalized spacial score (nSPS) is 21.9. The molecule has 2 rings (SSSR count). The molecular formula is C13H18N2O2S. The van der Waals surface area contributed by atoms with Gasteiger partial charge in [0.1, 0.15) is 6.04 Å². The van der Waals surface area contributed by atoms with Crippen molar-refractivity contribution in [2.45, 2.75) is 38.1 Å². The lowest BCUT2D eigenvalue weighted by Gasteiger charge is -2.36. The molecule has 0 aliphatic carbocycles. The van der Waals surface area contributed by atoms with E-state index >= 15 is 0 Å². The Bertz CT molecular complexity index is 430. The van der Waals surface area contributed by atoms with Gasteiger partial charge in [-0.2, -0.15) is 11.3 Å². The fourth-order valence-electron chi connectivity index (χ4n) is 2.53. The van der Waals surface area contributed by atoms with E-state index in [2.05, 4.69) is 11.4 Å². The first-order valence-electron chi connectivity index (χ1n) is 6.24. The number of thiophene rings is 1. The van der Waals surface area contributed by atoms with Gasteiger partial charge in [0, 0.05) is 18.9 Å². The third kappa shape index (κ3) is 2.56. The third-order valence-electron chi connectivity index (χ3n) is 3.55. The Morgan fingerprint density at radius 3 is 3.00 bits per heavy atom. The van der Waals surface area contributed by atoms with Crippen molar-refractivity contribution in [3.8, 4) is 0 Å². The van der Waals surface area contributed by atoms with E-state index in [9.17, 15) is 9.59 Å². The van der Waals surface area contributed by atoms with E-state index in [1.165, 1.54) is 5.56 Å². The Hall–Kier alpha value is -1.36. The highest BCUT2D eigenvalue weighted by Gasteiger charge is 2.33. The van der Waals surface area contributed by atoms with Crippen LogP contribution in [0.25, 0.3) is 0 Å². The smallest absolute Gasteiger partial charge is 0.240 e. The number of nitrogens with zero attached hydrogens (tertiary/aromatic N) is 1. The van der Waals surface area contributed by atoms with Crippen LogP contribution in [-0.4, -0.2) is 29.3 Å². The van der Waals surface area contributed by atoms with Crippen molar-refractivity contribution in [1.29, 1.82) is 0 Å². The van der Waals surface area contributed by atoms with Crippen molar-refractivity contribution in [3.05, 3.63) is 22.4 Å². The van der Waals surface area contributed by atoms with E-state index < -0.39 is 11.9 Å². The number of piperidine rings is 1. The van der Waals surface area contributed by atoms with Crippen LogP contribution in [0.3, 0.4) is 0 Å². The van der Waals surface area contributed by atoms with E-state index in [0.717, 1.165) is 6.42 Å². The average molecular weight is 266 g/mol. The SMILES string of the molecule is CCC(C(N)=O)N1CC(c2ccsc2)CCC1=O. The molecule has 2 N–H and O–H groups in total. The minimum absolute atomic E-state index is 0.0483. The summed E-state index contributed by atoms with van der Waals surface area (Å²) in [5, 5.41) is 4.16. The van der Waals surface area contributed by atoms with Crippen molar-refractivity contribution in [3.63, 3.8) is 0 Å². The summed E-state index contributed by atoms with van der Waals surface area (Å²) >= 11 is 1.66. The van der Waals surface area contributed by atoms with Crippen molar-refractivity contribution >= 4 is 23.2 Å². The highest BCUT2D eigenvalue weighted by Crippen LogP contribution is 2.30. The van der Waals surface area contributed by atoms with Crippen LogP contribution in [0.15, 0.2) is 16.8 Å². The average Bonchev–Trinajstić information content (AvgIpc) is 2.85. The molecule has 2 atom stereocenters. The van der Waals surface area contributed by atoms with Crippen LogP contribution in [0.5, 0.6) is 0 Å². The summed E-state index contributed by atoms with van der Waals surface area (Å²) in [5.41, 5.74) is 6.63. The molecule has 1 aliphatic heterocycles. The van der Waals surface area contributed by atoms with Crippen LogP contribution in [0, 0.1) is 0 Å². The Morgan fingerprint density at radius 1 is 1.67 bits per heavy atom. The summed E-state index contributed by atoms with van der Waals surface area (Å²) in [6.45, 7) is 2.49. The predicted octanol–water partition coefficient (Wildman–Crippen LogP) is 1.72. The maximum atomic E-state index is 11.9. The molecule has 1 aromatic rings. The summed E-state index contributed by atoms with van der Waals surface area (Å²) < 4.78 is 0. The van der Waals surface area contributed by atoms with Gasteiger partial charge in [0.25, 0.3) is 0 Å². The molecule has 4 nitrogen and oxygen atoms in total. The molecule has 18 heavy (non-hydrogen) atoms. The monoisotopic (exact) mass is 266 g/mol. The minimum Gasteiger partial charge on any atom is -0.368 e. The first kappa shape index (κ1) is 13.1. The predicted molar refractivity (Wildman–Crippen MR) is 71.3 cm³/mol. The number of rotatable bonds is 4. The standard InChI is InChI=1S/C13H18N2O2S/c1-2-11(13(14)17)15-7-9(3-4-12(15)16)10-5-6-18-8-10/h5-6,8-9,11H,2-4,7H2,1H3,(H2,14,17). The lowest BCUT2D eigenvalue weighted by molar-refractivity contribution is -0.142. The van der Waals surface area contributed by atoms with Crippen LogP contribution < -0.4 is 5.73 Å². The van der Waals surface area contributed by atoms with Gasteiger partial charge in [0.15, 0.2) is 0 Å². The third-order valence-corrected chi connectivity index (χ3v) is 4.25. The quantitative estimate of drug-likeness (QED) is 0.902. The van der Waals surface area contributed by atoms with Crippen molar-refractivity contribution < 1.29 is 9.59 Å². The summed E-state index contributed by atoms with van der Waals surface area (Å²) in [7, 11) is 0. The van der Waals surface area contributed by atoms with Crippen molar-refractivity contribution in [1.82, 2.24) is 4.90 Å². The first-order valence-corrected chi connectivity index (χ1v) is 7.18. The zero-order valence-corrected chi connectivity index (χ0v) is 11.3. The van der Waals surface area contributed by atoms with E-state index in [1.807, 2.05) is 12.3 Å². The molecular weight excluding hydrogens is 248 g/mol. The fraction of sp³-hybridized carbons (Fsp3) is 0.538. The van der Waals surface area contributed by atoms with Crippen LogP contribution >= 0.6 is 11.3 Å². The molecule has 0 spiro atoms. The Labute approximate surface area is 111 Å². The lowest BCUT2D eigenvalue weighted by atomic mass is 9.91. The van der Waals surface area contributed by atoms with E-state index in [-0.39, 0.29) is 5.91 Å². The number of nitrogens with two attached hydrogens (primary N) is 1. The number of amides is 2. The number of carbonyl (C=O) groups excluding carboxylic acids is 2. The van der Waals surface area contributed by atoms with Crippen LogP contribution in [0.2, 0.25) is 0 Å². The maximum absolute atomic E-state index is 11.9. The van der Waals surface area contributed by atoms with Gasteiger partial charge in [-0.25, -0.2) is 0 Å². The van der Waals surface area contributed by atoms with Crippen molar-refractivity contribution in [2.75, 3.05) is 6.54 Å². The zero-order valence-electron chi connectivity index (χ0n) is 10.5. The van der Waals surface area contributed by atoms with Gasteiger partial charge in [-0.05, 0) is 35.2 Å². The van der Waals surface area contributed by atoms with Gasteiger partial charge in [-0.15, -0.1) is 0 Å². The van der Waals surface area contributed by atoms with Gasteiger partial charge < -0.3 is 10.6 Å². The molecule has 0 aromatic carbocycles. The second-order valence-corrected chi connectivity index (χ2v) is 5.44. The number of carbonyl (C=O) groups is 2. The fourth-order valence-corrected chi connectivity index (χ4v) is 3.27. The zero-order chi connectivity index (χ0) is 13.1. The summed E-state index contributed by atoms with van der Waals surface area (Å²) in [4.78, 5) is 25.0. The van der Waals surface area contributed by atoms with Crippen molar-refractivity contribution in [2.24, 2.45) is 5.73 Å². The number of primary amides is 1. The summed E-state index contributed by atoms with van der Waals surface area (Å²) in [6.07, 6.45) is 1.95. The molecule has 2 heterocycles. The molecule has 2 amide bonds. The topological polar surface area (TPSA) is 63.4 Å². The largest absolute Gasteiger partial charge is 0.368 e. The molecule has 1 aromatic heterocycles. The Balaban J connectivity index is 2.14. The van der Waals surface area contributed by atoms with Crippen LogP contribution in [0.1, 0.15) is 37.7 Å². The molecule has 98 valence electrons. The molecule has 0 saturated carbocycles. The Kier molecular flexibility index (Phi) is 4.01. The molecule has 1 fully saturated rings. The maximum Gasteiger partial charge on any atom is 0.240 e. The number of likely N-dealkylation sites (tertiary alicyclic amines) is 1.